The fraction of sp³-hybridized carbons (Fsp3) is 0.625. The van der Waals surface area contributed by atoms with Gasteiger partial charge in [-0.25, -0.2) is 4.98 Å². The maximum Gasteiger partial charge on any atom is 0.150 e. The van der Waals surface area contributed by atoms with Crippen LogP contribution in [0.25, 0.3) is 0 Å². The van der Waals surface area contributed by atoms with Crippen LogP contribution in [0.3, 0.4) is 0 Å². The van der Waals surface area contributed by atoms with Gasteiger partial charge in [0.1, 0.15) is 5.15 Å². The molecule has 0 saturated heterocycles. The summed E-state index contributed by atoms with van der Waals surface area (Å²) in [5.41, 5.74) is 6.70. The molecule has 68 valence electrons. The minimum atomic E-state index is 0.218. The Balaban J connectivity index is 2.62. The molecule has 1 atom stereocenters. The van der Waals surface area contributed by atoms with Crippen LogP contribution in [0.1, 0.15) is 19.0 Å². The highest BCUT2D eigenvalue weighted by Crippen LogP contribution is 2.14. The van der Waals surface area contributed by atoms with Crippen LogP contribution in [-0.2, 0) is 13.5 Å². The van der Waals surface area contributed by atoms with Crippen molar-refractivity contribution in [2.24, 2.45) is 12.8 Å². The van der Waals surface area contributed by atoms with Gasteiger partial charge in [-0.05, 0) is 19.8 Å². The first-order valence-electron chi connectivity index (χ1n) is 4.02. The molecule has 0 aromatic carbocycles. The van der Waals surface area contributed by atoms with Crippen molar-refractivity contribution < 1.29 is 0 Å². The average molecular weight is 188 g/mol. The zero-order valence-corrected chi connectivity index (χ0v) is 8.17. The van der Waals surface area contributed by atoms with E-state index in [0.717, 1.165) is 18.5 Å². The monoisotopic (exact) mass is 187 g/mol. The van der Waals surface area contributed by atoms with Crippen molar-refractivity contribution in [3.8, 4) is 0 Å². The van der Waals surface area contributed by atoms with E-state index in [2.05, 4.69) is 4.98 Å². The van der Waals surface area contributed by atoms with Crippen molar-refractivity contribution >= 4 is 11.6 Å². The highest BCUT2D eigenvalue weighted by atomic mass is 35.5. The third kappa shape index (κ3) is 2.22. The van der Waals surface area contributed by atoms with Crippen LogP contribution in [0.2, 0.25) is 5.15 Å². The molecule has 1 rings (SSSR count). The van der Waals surface area contributed by atoms with Crippen LogP contribution < -0.4 is 5.73 Å². The molecule has 1 aromatic heterocycles. The van der Waals surface area contributed by atoms with E-state index < -0.39 is 0 Å². The first kappa shape index (κ1) is 9.55. The average Bonchev–Trinajstić information content (AvgIpc) is 2.28. The van der Waals surface area contributed by atoms with Gasteiger partial charge in [-0.3, -0.25) is 0 Å². The second-order valence-electron chi connectivity index (χ2n) is 3.11. The van der Waals surface area contributed by atoms with E-state index in [4.69, 9.17) is 17.3 Å². The summed E-state index contributed by atoms with van der Waals surface area (Å²) in [7, 11) is 1.94. The summed E-state index contributed by atoms with van der Waals surface area (Å²) >= 11 is 5.86. The van der Waals surface area contributed by atoms with Gasteiger partial charge in [0, 0.05) is 13.1 Å². The quantitative estimate of drug-likeness (QED) is 0.777. The first-order chi connectivity index (χ1) is 5.61. The van der Waals surface area contributed by atoms with E-state index in [9.17, 15) is 0 Å². The van der Waals surface area contributed by atoms with Gasteiger partial charge >= 0.3 is 0 Å². The molecular formula is C8H14ClN3. The normalized spacial score (nSPS) is 13.3. The highest BCUT2D eigenvalue weighted by molar-refractivity contribution is 6.30. The zero-order chi connectivity index (χ0) is 9.14. The Morgan fingerprint density at radius 2 is 2.42 bits per heavy atom. The van der Waals surface area contributed by atoms with E-state index in [1.165, 1.54) is 0 Å². The Bertz CT molecular complexity index is 235. The maximum atomic E-state index is 5.86. The molecule has 12 heavy (non-hydrogen) atoms. The predicted molar refractivity (Wildman–Crippen MR) is 50.2 cm³/mol. The molecule has 3 nitrogen and oxygen atoms in total. The van der Waals surface area contributed by atoms with E-state index in [1.807, 2.05) is 18.5 Å². The Morgan fingerprint density at radius 3 is 2.83 bits per heavy atom. The molecule has 0 radical (unpaired) electrons. The molecule has 2 N–H and O–H groups in total. The van der Waals surface area contributed by atoms with Gasteiger partial charge in [-0.2, -0.15) is 0 Å². The summed E-state index contributed by atoms with van der Waals surface area (Å²) in [5.74, 6) is 0. The molecule has 4 heteroatoms. The molecule has 0 saturated carbocycles. The fourth-order valence-corrected chi connectivity index (χ4v) is 1.34. The number of halogens is 1. The number of rotatable bonds is 3. The molecule has 0 spiro atoms. The zero-order valence-electron chi connectivity index (χ0n) is 7.42. The lowest BCUT2D eigenvalue weighted by molar-refractivity contribution is 0.644. The third-order valence-corrected chi connectivity index (χ3v) is 2.16. The summed E-state index contributed by atoms with van der Waals surface area (Å²) in [6.07, 6.45) is 3.56. The van der Waals surface area contributed by atoms with Gasteiger partial charge in [0.25, 0.3) is 0 Å². The summed E-state index contributed by atoms with van der Waals surface area (Å²) < 4.78 is 1.94. The highest BCUT2D eigenvalue weighted by Gasteiger charge is 2.06. The number of imidazole rings is 1. The van der Waals surface area contributed by atoms with Crippen molar-refractivity contribution in [2.45, 2.75) is 25.8 Å². The molecule has 0 bridgehead atoms. The topological polar surface area (TPSA) is 43.8 Å². The van der Waals surface area contributed by atoms with Gasteiger partial charge in [0.15, 0.2) is 0 Å². The largest absolute Gasteiger partial charge is 0.336 e. The smallest absolute Gasteiger partial charge is 0.150 e. The van der Waals surface area contributed by atoms with Crippen LogP contribution in [0.5, 0.6) is 0 Å². The van der Waals surface area contributed by atoms with Gasteiger partial charge in [0.05, 0.1) is 12.0 Å². The number of hydrogen-bond acceptors (Lipinski definition) is 2. The first-order valence-corrected chi connectivity index (χ1v) is 4.40. The number of aromatic nitrogens is 2. The second-order valence-corrected chi connectivity index (χ2v) is 3.47. The van der Waals surface area contributed by atoms with Crippen LogP contribution in [0.4, 0.5) is 0 Å². The SMILES string of the molecule is C[C@@H](N)CCc1c(Cl)ncn1C. The molecule has 1 heterocycles. The van der Waals surface area contributed by atoms with Crippen molar-refractivity contribution in [3.05, 3.63) is 17.2 Å². The number of nitrogens with zero attached hydrogens (tertiary/aromatic N) is 2. The van der Waals surface area contributed by atoms with Gasteiger partial charge in [-0.15, -0.1) is 0 Å². The second kappa shape index (κ2) is 3.92. The van der Waals surface area contributed by atoms with Gasteiger partial charge in [-0.1, -0.05) is 11.6 Å². The summed E-state index contributed by atoms with van der Waals surface area (Å²) in [6, 6.07) is 0.218. The molecule has 0 unspecified atom stereocenters. The standard InChI is InChI=1S/C8H14ClN3/c1-6(10)3-4-7-8(9)11-5-12(7)2/h5-6H,3-4,10H2,1-2H3/t6-/m1/s1. The number of aryl methyl sites for hydroxylation is 1. The molecule has 0 aliphatic carbocycles. The molecule has 0 aliphatic heterocycles. The van der Waals surface area contributed by atoms with Crippen LogP contribution >= 0.6 is 11.6 Å². The Hall–Kier alpha value is -0.540. The number of nitrogens with two attached hydrogens (primary N) is 1. The Morgan fingerprint density at radius 1 is 1.75 bits per heavy atom. The Kier molecular flexibility index (Phi) is 3.12. The third-order valence-electron chi connectivity index (χ3n) is 1.84. The minimum absolute atomic E-state index is 0.218. The Labute approximate surface area is 77.5 Å². The maximum absolute atomic E-state index is 5.86. The fourth-order valence-electron chi connectivity index (χ4n) is 1.07. The van der Waals surface area contributed by atoms with E-state index in [-0.39, 0.29) is 6.04 Å². The molecule has 0 amide bonds. The van der Waals surface area contributed by atoms with E-state index in [1.54, 1.807) is 6.33 Å². The van der Waals surface area contributed by atoms with Crippen molar-refractivity contribution in [1.82, 2.24) is 9.55 Å². The van der Waals surface area contributed by atoms with Crippen LogP contribution in [0, 0.1) is 0 Å². The van der Waals surface area contributed by atoms with Crippen LogP contribution in [0.15, 0.2) is 6.33 Å². The minimum Gasteiger partial charge on any atom is -0.336 e. The van der Waals surface area contributed by atoms with Gasteiger partial charge < -0.3 is 10.3 Å². The van der Waals surface area contributed by atoms with Crippen molar-refractivity contribution in [2.75, 3.05) is 0 Å². The lowest BCUT2D eigenvalue weighted by Crippen LogP contribution is -2.16. The summed E-state index contributed by atoms with van der Waals surface area (Å²) in [6.45, 7) is 1.99. The van der Waals surface area contributed by atoms with Crippen LogP contribution in [-0.4, -0.2) is 15.6 Å². The molecular weight excluding hydrogens is 174 g/mol. The van der Waals surface area contributed by atoms with Gasteiger partial charge in [0.2, 0.25) is 0 Å². The van der Waals surface area contributed by atoms with Crippen molar-refractivity contribution in [1.29, 1.82) is 0 Å². The molecule has 0 aliphatic rings. The molecule has 1 aromatic rings. The predicted octanol–water partition coefficient (Wildman–Crippen LogP) is 1.35. The van der Waals surface area contributed by atoms with Crippen molar-refractivity contribution in [3.63, 3.8) is 0 Å². The van der Waals surface area contributed by atoms with E-state index >= 15 is 0 Å². The number of hydrogen-bond donors (Lipinski definition) is 1. The molecule has 0 fully saturated rings. The van der Waals surface area contributed by atoms with E-state index in [0.29, 0.717) is 5.15 Å². The lowest BCUT2D eigenvalue weighted by Gasteiger charge is -2.05. The summed E-state index contributed by atoms with van der Waals surface area (Å²) in [4.78, 5) is 3.98. The summed E-state index contributed by atoms with van der Waals surface area (Å²) in [5, 5.41) is 0.596. The lowest BCUT2D eigenvalue weighted by atomic mass is 10.1.